The molecular weight excluding hydrogens is 376 g/mol. The Morgan fingerprint density at radius 1 is 1.03 bits per heavy atom. The van der Waals surface area contributed by atoms with Gasteiger partial charge in [0.2, 0.25) is 5.82 Å². The zero-order chi connectivity index (χ0) is 20.4. The third-order valence-electron chi connectivity index (χ3n) is 5.82. The molecule has 3 N–H and O–H groups in total. The number of nitrogens with two attached hydrogens (primary N) is 1. The largest absolute Gasteiger partial charge is 0.482 e. The Balaban J connectivity index is 1.47. The van der Waals surface area contributed by atoms with Crippen LogP contribution >= 0.6 is 0 Å². The molecule has 1 spiro atoms. The van der Waals surface area contributed by atoms with Crippen molar-refractivity contribution in [1.29, 1.82) is 0 Å². The van der Waals surface area contributed by atoms with Crippen molar-refractivity contribution in [2.75, 3.05) is 19.6 Å². The summed E-state index contributed by atoms with van der Waals surface area (Å²) in [4.78, 5) is 1.61. The second-order valence-electron chi connectivity index (χ2n) is 7.90. The Hall–Kier alpha value is -3.03. The first-order valence-corrected chi connectivity index (χ1v) is 10.6. The van der Waals surface area contributed by atoms with Crippen LogP contribution < -0.4 is 15.8 Å². The minimum atomic E-state index is -0.235. The minimum Gasteiger partial charge on any atom is -0.482 e. The van der Waals surface area contributed by atoms with E-state index in [1.807, 2.05) is 6.07 Å². The first-order chi connectivity index (χ1) is 14.8. The molecule has 1 fully saturated rings. The van der Waals surface area contributed by atoms with Crippen molar-refractivity contribution in [1.82, 2.24) is 25.5 Å². The molecule has 0 bridgehead atoms. The number of tetrazole rings is 1. The highest BCUT2D eigenvalue weighted by atomic mass is 16.5. The summed E-state index contributed by atoms with van der Waals surface area (Å²) in [7, 11) is 0. The smallest absolute Gasteiger partial charge is 0.204 e. The van der Waals surface area contributed by atoms with Gasteiger partial charge in [0.05, 0.1) is 6.54 Å². The molecule has 1 saturated heterocycles. The summed E-state index contributed by atoms with van der Waals surface area (Å²) in [5.74, 6) is 1.60. The number of hydrogen-bond donors (Lipinski definition) is 2. The zero-order valence-corrected chi connectivity index (χ0v) is 16.9. The highest BCUT2D eigenvalue weighted by Crippen LogP contribution is 2.42. The second-order valence-corrected chi connectivity index (χ2v) is 7.90. The standard InChI is InChI=1S/C23H26N6O/c24-12-3-15-29-27-22(26-28-29)18-8-6-17(7-9-18)20-16-23(10-13-25-14-11-23)30-21-5-2-1-4-19(20)21/h1-2,4-9,16,25H,3,10-15,24H2. The SMILES string of the molecule is NCCCn1nnc(-c2ccc(C3=CC4(CCNCC4)Oc4ccccc43)cc2)n1. The van der Waals surface area contributed by atoms with Gasteiger partial charge in [-0.3, -0.25) is 0 Å². The van der Waals surface area contributed by atoms with Gasteiger partial charge in [-0.15, -0.1) is 10.2 Å². The van der Waals surface area contributed by atoms with E-state index in [1.165, 1.54) is 11.1 Å². The highest BCUT2D eigenvalue weighted by molar-refractivity contribution is 5.85. The van der Waals surface area contributed by atoms with Crippen molar-refractivity contribution >= 4 is 5.57 Å². The number of nitrogens with zero attached hydrogens (tertiary/aromatic N) is 4. The molecule has 2 aliphatic rings. The van der Waals surface area contributed by atoms with Gasteiger partial charge in [-0.25, -0.2) is 0 Å². The van der Waals surface area contributed by atoms with E-state index in [4.69, 9.17) is 10.5 Å². The summed E-state index contributed by atoms with van der Waals surface area (Å²) in [5.41, 5.74) is 9.81. The molecule has 0 atom stereocenters. The monoisotopic (exact) mass is 402 g/mol. The Morgan fingerprint density at radius 2 is 1.80 bits per heavy atom. The Morgan fingerprint density at radius 3 is 2.60 bits per heavy atom. The molecule has 5 rings (SSSR count). The predicted octanol–water partition coefficient (Wildman–Crippen LogP) is 2.64. The van der Waals surface area contributed by atoms with Gasteiger partial charge in [0.1, 0.15) is 11.4 Å². The summed E-state index contributed by atoms with van der Waals surface area (Å²) in [5, 5.41) is 16.2. The summed E-state index contributed by atoms with van der Waals surface area (Å²) in [6, 6.07) is 16.7. The molecule has 154 valence electrons. The van der Waals surface area contributed by atoms with E-state index in [-0.39, 0.29) is 5.60 Å². The van der Waals surface area contributed by atoms with Crippen LogP contribution in [-0.4, -0.2) is 45.4 Å². The molecule has 3 aromatic rings. The summed E-state index contributed by atoms with van der Waals surface area (Å²) >= 11 is 0. The van der Waals surface area contributed by atoms with E-state index in [0.717, 1.165) is 49.2 Å². The van der Waals surface area contributed by atoms with Gasteiger partial charge in [-0.1, -0.05) is 42.5 Å². The number of benzene rings is 2. The average Bonchev–Trinajstić information content (AvgIpc) is 3.27. The fourth-order valence-corrected chi connectivity index (χ4v) is 4.19. The molecular formula is C23H26N6O. The first-order valence-electron chi connectivity index (χ1n) is 10.6. The van der Waals surface area contributed by atoms with Gasteiger partial charge in [-0.05, 0) is 54.5 Å². The molecule has 0 amide bonds. The van der Waals surface area contributed by atoms with Gasteiger partial charge in [0.25, 0.3) is 0 Å². The fraction of sp³-hybridized carbons (Fsp3) is 0.348. The third-order valence-corrected chi connectivity index (χ3v) is 5.82. The zero-order valence-electron chi connectivity index (χ0n) is 16.9. The average molecular weight is 403 g/mol. The number of ether oxygens (including phenoxy) is 1. The topological polar surface area (TPSA) is 90.9 Å². The van der Waals surface area contributed by atoms with E-state index < -0.39 is 0 Å². The van der Waals surface area contributed by atoms with Crippen LogP contribution in [0.15, 0.2) is 54.6 Å². The molecule has 2 aliphatic heterocycles. The van der Waals surface area contributed by atoms with Gasteiger partial charge in [0.15, 0.2) is 0 Å². The number of fused-ring (bicyclic) bond motifs is 1. The maximum Gasteiger partial charge on any atom is 0.204 e. The summed E-state index contributed by atoms with van der Waals surface area (Å²) in [6.07, 6.45) is 5.10. The van der Waals surface area contributed by atoms with Crippen LogP contribution in [0, 0.1) is 0 Å². The highest BCUT2D eigenvalue weighted by Gasteiger charge is 2.36. The number of para-hydroxylation sites is 1. The molecule has 0 radical (unpaired) electrons. The van der Waals surface area contributed by atoms with Gasteiger partial charge < -0.3 is 15.8 Å². The van der Waals surface area contributed by atoms with Crippen molar-refractivity contribution in [2.24, 2.45) is 5.73 Å². The van der Waals surface area contributed by atoms with Gasteiger partial charge in [-0.2, -0.15) is 4.80 Å². The Bertz CT molecular complexity index is 1050. The molecule has 2 aromatic carbocycles. The maximum atomic E-state index is 6.48. The lowest BCUT2D eigenvalue weighted by atomic mass is 9.83. The van der Waals surface area contributed by atoms with Crippen molar-refractivity contribution in [3.63, 3.8) is 0 Å². The van der Waals surface area contributed by atoms with Crippen LogP contribution in [0.4, 0.5) is 0 Å². The quantitative estimate of drug-likeness (QED) is 0.682. The van der Waals surface area contributed by atoms with Crippen LogP contribution in [0.5, 0.6) is 5.75 Å². The number of piperidine rings is 1. The van der Waals surface area contributed by atoms with E-state index in [1.54, 1.807) is 4.80 Å². The number of rotatable bonds is 5. The van der Waals surface area contributed by atoms with Crippen LogP contribution in [-0.2, 0) is 6.54 Å². The lowest BCUT2D eigenvalue weighted by molar-refractivity contribution is 0.0817. The van der Waals surface area contributed by atoms with Crippen molar-refractivity contribution in [3.05, 3.63) is 65.7 Å². The molecule has 30 heavy (non-hydrogen) atoms. The normalized spacial score (nSPS) is 17.3. The van der Waals surface area contributed by atoms with E-state index in [0.29, 0.717) is 18.9 Å². The van der Waals surface area contributed by atoms with Gasteiger partial charge in [0, 0.05) is 24.0 Å². The van der Waals surface area contributed by atoms with Crippen LogP contribution in [0.1, 0.15) is 30.4 Å². The number of nitrogens with one attached hydrogen (secondary N) is 1. The van der Waals surface area contributed by atoms with Crippen LogP contribution in [0.25, 0.3) is 17.0 Å². The van der Waals surface area contributed by atoms with Crippen molar-refractivity contribution < 1.29 is 4.74 Å². The first kappa shape index (κ1) is 19.0. The van der Waals surface area contributed by atoms with E-state index in [9.17, 15) is 0 Å². The van der Waals surface area contributed by atoms with Crippen molar-refractivity contribution in [2.45, 2.75) is 31.4 Å². The molecule has 0 unspecified atom stereocenters. The molecule has 7 nitrogen and oxygen atoms in total. The van der Waals surface area contributed by atoms with Crippen LogP contribution in [0.3, 0.4) is 0 Å². The summed E-state index contributed by atoms with van der Waals surface area (Å²) in [6.45, 7) is 3.23. The van der Waals surface area contributed by atoms with E-state index in [2.05, 4.69) is 69.3 Å². The fourth-order valence-electron chi connectivity index (χ4n) is 4.19. The third kappa shape index (κ3) is 3.62. The molecule has 3 heterocycles. The number of aryl methyl sites for hydroxylation is 1. The minimum absolute atomic E-state index is 0.235. The maximum absolute atomic E-state index is 6.48. The Labute approximate surface area is 175 Å². The molecule has 0 saturated carbocycles. The molecule has 7 heteroatoms. The van der Waals surface area contributed by atoms with Crippen molar-refractivity contribution in [3.8, 4) is 17.1 Å². The predicted molar refractivity (Wildman–Crippen MR) is 116 cm³/mol. The summed E-state index contributed by atoms with van der Waals surface area (Å²) < 4.78 is 6.48. The lowest BCUT2D eigenvalue weighted by Gasteiger charge is -2.40. The van der Waals surface area contributed by atoms with E-state index >= 15 is 0 Å². The lowest BCUT2D eigenvalue weighted by Crippen LogP contribution is -2.46. The van der Waals surface area contributed by atoms with Gasteiger partial charge >= 0.3 is 0 Å². The Kier molecular flexibility index (Phi) is 5.06. The van der Waals surface area contributed by atoms with Crippen LogP contribution in [0.2, 0.25) is 0 Å². The molecule has 0 aliphatic carbocycles. The number of aromatic nitrogens is 4. The number of hydrogen-bond acceptors (Lipinski definition) is 6. The molecule has 1 aromatic heterocycles. The second kappa shape index (κ2) is 8.01.